The third kappa shape index (κ3) is 6.31. The molecule has 0 radical (unpaired) electrons. The van der Waals surface area contributed by atoms with Gasteiger partial charge in [0.1, 0.15) is 0 Å². The van der Waals surface area contributed by atoms with E-state index >= 15 is 4.79 Å². The highest BCUT2D eigenvalue weighted by atomic mass is 16.5. The van der Waals surface area contributed by atoms with E-state index in [1.165, 1.54) is 0 Å². The lowest BCUT2D eigenvalue weighted by Crippen LogP contribution is -2.63. The van der Waals surface area contributed by atoms with Gasteiger partial charge in [-0.15, -0.1) is 0 Å². The van der Waals surface area contributed by atoms with Gasteiger partial charge in [0.05, 0.1) is 42.6 Å². The predicted octanol–water partition coefficient (Wildman–Crippen LogP) is 6.82. The number of hydrogen-bond donors (Lipinski definition) is 1. The number of amides is 2. The van der Waals surface area contributed by atoms with Crippen LogP contribution in [0.1, 0.15) is 47.9 Å². The first kappa shape index (κ1) is 30.5. The Bertz CT molecular complexity index is 1820. The number of hydrogen-bond acceptors (Lipinski definition) is 5. The van der Waals surface area contributed by atoms with Crippen molar-refractivity contribution in [3.8, 4) is 11.3 Å². The van der Waals surface area contributed by atoms with Gasteiger partial charge in [-0.2, -0.15) is 0 Å². The highest BCUT2D eigenvalue weighted by molar-refractivity contribution is 6.09. The molecule has 47 heavy (non-hydrogen) atoms. The van der Waals surface area contributed by atoms with Crippen LogP contribution in [-0.2, 0) is 39.3 Å². The van der Waals surface area contributed by atoms with Crippen molar-refractivity contribution in [2.45, 2.75) is 62.8 Å². The Kier molecular flexibility index (Phi) is 8.89. The molecular formula is C40H38N4O3. The Morgan fingerprint density at radius 1 is 0.872 bits per heavy atom. The Hall–Kier alpha value is -5.14. The van der Waals surface area contributed by atoms with Gasteiger partial charge in [-0.05, 0) is 60.1 Å². The number of aryl methyl sites for hydroxylation is 1. The number of fused-ring (bicyclic) bond motifs is 2. The summed E-state index contributed by atoms with van der Waals surface area (Å²) in [5, 5.41) is 3.38. The van der Waals surface area contributed by atoms with E-state index in [4.69, 9.17) is 4.74 Å². The Labute approximate surface area is 275 Å². The minimum absolute atomic E-state index is 0.00554. The van der Waals surface area contributed by atoms with Gasteiger partial charge in [0, 0.05) is 30.1 Å². The number of aromatic nitrogens is 2. The molecule has 0 bridgehead atoms. The zero-order chi connectivity index (χ0) is 32.1. The lowest BCUT2D eigenvalue weighted by atomic mass is 9.65. The highest BCUT2D eigenvalue weighted by Crippen LogP contribution is 2.52. The Morgan fingerprint density at radius 2 is 1.57 bits per heavy atom. The van der Waals surface area contributed by atoms with E-state index in [1.54, 1.807) is 18.6 Å². The zero-order valence-electron chi connectivity index (χ0n) is 26.3. The van der Waals surface area contributed by atoms with E-state index in [1.807, 2.05) is 108 Å². The van der Waals surface area contributed by atoms with E-state index < -0.39 is 11.5 Å². The van der Waals surface area contributed by atoms with Gasteiger partial charge in [0.15, 0.2) is 0 Å². The molecule has 1 N–H and O–H groups in total. The number of anilines is 1. The number of nitrogens with zero attached hydrogens (tertiary/aromatic N) is 3. The fourth-order valence-corrected chi connectivity index (χ4v) is 7.21. The summed E-state index contributed by atoms with van der Waals surface area (Å²) < 4.78 is 6.66. The van der Waals surface area contributed by atoms with E-state index in [2.05, 4.69) is 21.4 Å². The van der Waals surface area contributed by atoms with E-state index in [-0.39, 0.29) is 17.9 Å². The maximum absolute atomic E-state index is 15.1. The fraction of sp³-hybridized carbons (Fsp3) is 0.250. The van der Waals surface area contributed by atoms with E-state index in [0.29, 0.717) is 32.4 Å². The smallest absolute Gasteiger partial charge is 0.240 e. The average Bonchev–Trinajstić information content (AvgIpc) is 3.35. The lowest BCUT2D eigenvalue weighted by Gasteiger charge is -2.45. The largest absolute Gasteiger partial charge is 0.371 e. The van der Waals surface area contributed by atoms with Gasteiger partial charge in [-0.25, -0.2) is 0 Å². The van der Waals surface area contributed by atoms with Crippen LogP contribution in [0.15, 0.2) is 128 Å². The number of carbonyl (C=O) groups is 2. The third-order valence-corrected chi connectivity index (χ3v) is 9.51. The van der Waals surface area contributed by atoms with E-state index in [0.717, 1.165) is 52.0 Å². The molecular weight excluding hydrogens is 584 g/mol. The second-order valence-electron chi connectivity index (χ2n) is 12.4. The van der Waals surface area contributed by atoms with Crippen LogP contribution in [0, 0.1) is 0 Å². The number of rotatable bonds is 10. The van der Waals surface area contributed by atoms with Crippen molar-refractivity contribution < 1.29 is 14.3 Å². The first-order valence-electron chi connectivity index (χ1n) is 16.4. The van der Waals surface area contributed by atoms with Crippen molar-refractivity contribution in [2.75, 3.05) is 4.90 Å². The number of benzene rings is 4. The van der Waals surface area contributed by atoms with Crippen LogP contribution < -0.4 is 10.2 Å². The average molecular weight is 623 g/mol. The zero-order valence-corrected chi connectivity index (χ0v) is 26.3. The minimum atomic E-state index is -1.01. The molecule has 1 spiro atoms. The van der Waals surface area contributed by atoms with Crippen molar-refractivity contribution in [3.63, 3.8) is 0 Å². The molecule has 1 saturated carbocycles. The summed E-state index contributed by atoms with van der Waals surface area (Å²) in [5.41, 5.74) is 5.56. The molecule has 4 aromatic carbocycles. The van der Waals surface area contributed by atoms with Gasteiger partial charge < -0.3 is 15.0 Å². The molecule has 1 fully saturated rings. The standard InChI is InChI=1S/C40H38N4O3/c45-37(21-18-29-11-4-1-5-12-29)43-38-36(47-28-31-15-8-3-9-16-31)17-10-22-40(38)33-25-32(34-26-41-23-24-42-34)19-20-35(33)44(39(40)46)27-30-13-6-2-7-14-30/h1-9,11-16,19-20,23-26,36,38H,10,17-18,21-22,27-28H2,(H,43,45)/t36-,38+,40+/m1/s1. The SMILES string of the molecule is O=C(CCc1ccccc1)N[C@H]1[C@H](OCc2ccccc2)CCC[C@@]12C(=O)N(Cc1ccccc1)c1ccc(-c3cnccn3)cc12. The molecule has 2 aliphatic rings. The molecule has 7 heteroatoms. The summed E-state index contributed by atoms with van der Waals surface area (Å²) in [4.78, 5) is 39.6. The molecule has 7 nitrogen and oxygen atoms in total. The maximum Gasteiger partial charge on any atom is 0.240 e. The van der Waals surface area contributed by atoms with Crippen molar-refractivity contribution in [1.82, 2.24) is 15.3 Å². The maximum atomic E-state index is 15.1. The molecule has 1 aliphatic carbocycles. The van der Waals surface area contributed by atoms with Gasteiger partial charge in [0.25, 0.3) is 0 Å². The van der Waals surface area contributed by atoms with Crippen LogP contribution in [0.5, 0.6) is 0 Å². The Morgan fingerprint density at radius 3 is 2.28 bits per heavy atom. The van der Waals surface area contributed by atoms with Crippen LogP contribution in [0.4, 0.5) is 5.69 Å². The van der Waals surface area contributed by atoms with Crippen LogP contribution in [0.25, 0.3) is 11.3 Å². The molecule has 0 saturated heterocycles. The summed E-state index contributed by atoms with van der Waals surface area (Å²) in [6.45, 7) is 0.829. The van der Waals surface area contributed by atoms with Crippen molar-refractivity contribution >= 4 is 17.5 Å². The summed E-state index contributed by atoms with van der Waals surface area (Å²) in [6, 6.07) is 35.7. The first-order valence-corrected chi connectivity index (χ1v) is 16.4. The molecule has 236 valence electrons. The fourth-order valence-electron chi connectivity index (χ4n) is 7.21. The summed E-state index contributed by atoms with van der Waals surface area (Å²) in [6.07, 6.45) is 7.76. The van der Waals surface area contributed by atoms with Crippen molar-refractivity contribution in [1.29, 1.82) is 0 Å². The van der Waals surface area contributed by atoms with Crippen LogP contribution >= 0.6 is 0 Å². The summed E-state index contributed by atoms with van der Waals surface area (Å²) in [5.74, 6) is -0.0941. The van der Waals surface area contributed by atoms with Gasteiger partial charge in [0.2, 0.25) is 11.8 Å². The van der Waals surface area contributed by atoms with Crippen LogP contribution in [0.3, 0.4) is 0 Å². The first-order chi connectivity index (χ1) is 23.1. The van der Waals surface area contributed by atoms with E-state index in [9.17, 15) is 4.79 Å². The second-order valence-corrected chi connectivity index (χ2v) is 12.4. The molecule has 1 aromatic heterocycles. The number of ether oxygens (including phenoxy) is 1. The van der Waals surface area contributed by atoms with Crippen LogP contribution in [-0.4, -0.2) is 33.9 Å². The monoisotopic (exact) mass is 622 g/mol. The van der Waals surface area contributed by atoms with Gasteiger partial charge in [-0.3, -0.25) is 19.6 Å². The summed E-state index contributed by atoms with van der Waals surface area (Å²) in [7, 11) is 0. The molecule has 7 rings (SSSR count). The normalized spacial score (nSPS) is 20.3. The lowest BCUT2D eigenvalue weighted by molar-refractivity contribution is -0.133. The quantitative estimate of drug-likeness (QED) is 0.185. The summed E-state index contributed by atoms with van der Waals surface area (Å²) >= 11 is 0. The number of carbonyl (C=O) groups excluding carboxylic acids is 2. The highest BCUT2D eigenvalue weighted by Gasteiger charge is 2.59. The second kappa shape index (κ2) is 13.7. The topological polar surface area (TPSA) is 84.4 Å². The third-order valence-electron chi connectivity index (χ3n) is 9.51. The molecule has 5 aromatic rings. The molecule has 3 atom stereocenters. The molecule has 2 heterocycles. The molecule has 2 amide bonds. The minimum Gasteiger partial charge on any atom is -0.371 e. The molecule has 0 unspecified atom stereocenters. The van der Waals surface area contributed by atoms with Gasteiger partial charge >= 0.3 is 0 Å². The van der Waals surface area contributed by atoms with Gasteiger partial charge in [-0.1, -0.05) is 97.1 Å². The Balaban J connectivity index is 1.29. The number of nitrogens with one attached hydrogen (secondary N) is 1. The van der Waals surface area contributed by atoms with Crippen molar-refractivity contribution in [2.24, 2.45) is 0 Å². The van der Waals surface area contributed by atoms with Crippen molar-refractivity contribution in [3.05, 3.63) is 150 Å². The predicted molar refractivity (Wildman–Crippen MR) is 182 cm³/mol. The van der Waals surface area contributed by atoms with Crippen LogP contribution in [0.2, 0.25) is 0 Å². The molecule has 1 aliphatic heterocycles.